The maximum atomic E-state index is 5.75. The predicted octanol–water partition coefficient (Wildman–Crippen LogP) is 0.492. The molecule has 0 radical (unpaired) electrons. The van der Waals surface area contributed by atoms with Crippen molar-refractivity contribution >= 4 is 0 Å². The second-order valence-corrected chi connectivity index (χ2v) is 3.96. The van der Waals surface area contributed by atoms with Gasteiger partial charge in [-0.25, -0.2) is 0 Å². The van der Waals surface area contributed by atoms with Crippen LogP contribution in [0.3, 0.4) is 0 Å². The van der Waals surface area contributed by atoms with Crippen LogP contribution >= 0.6 is 0 Å². The molecule has 0 aromatic rings. The number of nitrogens with one attached hydrogen (secondary N) is 1. The second-order valence-electron chi connectivity index (χ2n) is 3.96. The minimum atomic E-state index is 0.0584. The summed E-state index contributed by atoms with van der Waals surface area (Å²) in [5.41, 5.74) is 5.69. The smallest absolute Gasteiger partial charge is 0.0745 e. The van der Waals surface area contributed by atoms with E-state index < -0.39 is 0 Å². The van der Waals surface area contributed by atoms with Gasteiger partial charge in [-0.1, -0.05) is 5.92 Å². The molecule has 4 unspecified atom stereocenters. The quantitative estimate of drug-likeness (QED) is 0.643. The van der Waals surface area contributed by atoms with Crippen LogP contribution in [0.1, 0.15) is 26.7 Å². The number of nitrogens with two attached hydrogens (primary N) is 1. The summed E-state index contributed by atoms with van der Waals surface area (Å²) in [7, 11) is 0. The molecule has 0 spiro atoms. The van der Waals surface area contributed by atoms with Gasteiger partial charge >= 0.3 is 0 Å². The van der Waals surface area contributed by atoms with Crippen molar-refractivity contribution in [3.05, 3.63) is 0 Å². The average molecular weight is 196 g/mol. The molecule has 4 atom stereocenters. The van der Waals surface area contributed by atoms with Crippen molar-refractivity contribution in [3.8, 4) is 12.3 Å². The second kappa shape index (κ2) is 5.35. The normalized spacial score (nSPS) is 31.0. The molecule has 0 aliphatic carbocycles. The van der Waals surface area contributed by atoms with E-state index in [4.69, 9.17) is 16.9 Å². The molecular weight excluding hydrogens is 176 g/mol. The van der Waals surface area contributed by atoms with Crippen molar-refractivity contribution < 1.29 is 4.74 Å². The first-order valence-electron chi connectivity index (χ1n) is 5.25. The van der Waals surface area contributed by atoms with E-state index in [-0.39, 0.29) is 18.2 Å². The number of ether oxygens (including phenoxy) is 1. The zero-order chi connectivity index (χ0) is 10.6. The average Bonchev–Trinajstić information content (AvgIpc) is 2.60. The highest BCUT2D eigenvalue weighted by Gasteiger charge is 2.29. The summed E-state index contributed by atoms with van der Waals surface area (Å²) in [5.74, 6) is 2.64. The van der Waals surface area contributed by atoms with Crippen molar-refractivity contribution in [2.45, 2.75) is 51.0 Å². The lowest BCUT2D eigenvalue weighted by atomic mass is 10.1. The molecule has 14 heavy (non-hydrogen) atoms. The van der Waals surface area contributed by atoms with Crippen LogP contribution in [0.2, 0.25) is 0 Å². The van der Waals surface area contributed by atoms with Gasteiger partial charge in [0.05, 0.1) is 18.2 Å². The van der Waals surface area contributed by atoms with Crippen LogP contribution in [0.15, 0.2) is 0 Å². The lowest BCUT2D eigenvalue weighted by Gasteiger charge is -2.25. The van der Waals surface area contributed by atoms with Gasteiger partial charge in [0.15, 0.2) is 0 Å². The van der Waals surface area contributed by atoms with Gasteiger partial charge in [-0.15, -0.1) is 6.42 Å². The number of terminal acetylenes is 1. The van der Waals surface area contributed by atoms with Gasteiger partial charge in [0.2, 0.25) is 0 Å². The molecule has 1 aliphatic heterocycles. The highest BCUT2D eigenvalue weighted by atomic mass is 16.5. The van der Waals surface area contributed by atoms with Crippen molar-refractivity contribution in [2.24, 2.45) is 5.73 Å². The van der Waals surface area contributed by atoms with Crippen molar-refractivity contribution in [2.75, 3.05) is 6.54 Å². The van der Waals surface area contributed by atoms with E-state index >= 15 is 0 Å². The van der Waals surface area contributed by atoms with Gasteiger partial charge < -0.3 is 10.5 Å². The highest BCUT2D eigenvalue weighted by Crippen LogP contribution is 2.21. The van der Waals surface area contributed by atoms with E-state index in [0.717, 1.165) is 12.8 Å². The summed E-state index contributed by atoms with van der Waals surface area (Å²) in [4.78, 5) is 0. The Hall–Kier alpha value is -0.560. The molecule has 3 heteroatoms. The van der Waals surface area contributed by atoms with Crippen LogP contribution in [0, 0.1) is 12.3 Å². The van der Waals surface area contributed by atoms with Gasteiger partial charge in [0, 0.05) is 12.6 Å². The minimum Gasteiger partial charge on any atom is -0.374 e. The lowest BCUT2D eigenvalue weighted by molar-refractivity contribution is 0.0329. The van der Waals surface area contributed by atoms with E-state index in [1.54, 1.807) is 0 Å². The molecule has 0 bridgehead atoms. The fourth-order valence-corrected chi connectivity index (χ4v) is 1.83. The van der Waals surface area contributed by atoms with Crippen LogP contribution < -0.4 is 11.1 Å². The summed E-state index contributed by atoms with van der Waals surface area (Å²) in [6.45, 7) is 4.63. The molecule has 1 aliphatic rings. The fraction of sp³-hybridized carbons (Fsp3) is 0.818. The largest absolute Gasteiger partial charge is 0.374 e. The number of hydrogen-bond acceptors (Lipinski definition) is 3. The third kappa shape index (κ3) is 2.98. The van der Waals surface area contributed by atoms with Crippen LogP contribution in [0.5, 0.6) is 0 Å². The van der Waals surface area contributed by atoms with Crippen LogP contribution in [-0.4, -0.2) is 30.8 Å². The standard InChI is InChI=1S/C11H20N2O/c1-4-8(2)13-10(7-12)11-6-5-9(3)14-11/h1,8-11,13H,5-7,12H2,2-3H3. The SMILES string of the molecule is C#CC(C)NC(CN)C1CCC(C)O1. The molecule has 0 amide bonds. The maximum absolute atomic E-state index is 5.75. The maximum Gasteiger partial charge on any atom is 0.0745 e. The zero-order valence-electron chi connectivity index (χ0n) is 8.99. The number of hydrogen-bond donors (Lipinski definition) is 2. The molecule has 3 nitrogen and oxygen atoms in total. The molecule has 1 rings (SSSR count). The Morgan fingerprint density at radius 3 is 2.79 bits per heavy atom. The van der Waals surface area contributed by atoms with Crippen LogP contribution in [0.4, 0.5) is 0 Å². The van der Waals surface area contributed by atoms with Gasteiger partial charge in [0.1, 0.15) is 0 Å². The topological polar surface area (TPSA) is 47.3 Å². The Morgan fingerprint density at radius 2 is 2.36 bits per heavy atom. The van der Waals surface area contributed by atoms with Gasteiger partial charge in [0.25, 0.3) is 0 Å². The third-order valence-corrected chi connectivity index (χ3v) is 2.68. The van der Waals surface area contributed by atoms with Gasteiger partial charge in [-0.3, -0.25) is 5.32 Å². The molecule has 80 valence electrons. The predicted molar refractivity (Wildman–Crippen MR) is 57.8 cm³/mol. The van der Waals surface area contributed by atoms with Crippen molar-refractivity contribution in [1.82, 2.24) is 5.32 Å². The summed E-state index contributed by atoms with van der Waals surface area (Å²) in [5, 5.41) is 3.29. The Kier molecular flexibility index (Phi) is 4.40. The summed E-state index contributed by atoms with van der Waals surface area (Å²) >= 11 is 0. The minimum absolute atomic E-state index is 0.0584. The first-order chi connectivity index (χ1) is 6.67. The Bertz CT molecular complexity index is 212. The lowest BCUT2D eigenvalue weighted by Crippen LogP contribution is -2.48. The monoisotopic (exact) mass is 196 g/mol. The van der Waals surface area contributed by atoms with Gasteiger partial charge in [-0.05, 0) is 26.7 Å². The van der Waals surface area contributed by atoms with E-state index in [9.17, 15) is 0 Å². The molecule has 1 heterocycles. The molecular formula is C11H20N2O. The van der Waals surface area contributed by atoms with Crippen molar-refractivity contribution in [1.29, 1.82) is 0 Å². The van der Waals surface area contributed by atoms with E-state index in [2.05, 4.69) is 18.2 Å². The summed E-state index contributed by atoms with van der Waals surface area (Å²) < 4.78 is 5.75. The Labute approximate surface area is 86.4 Å². The zero-order valence-corrected chi connectivity index (χ0v) is 8.99. The molecule has 3 N–H and O–H groups in total. The first kappa shape index (κ1) is 11.5. The van der Waals surface area contributed by atoms with E-state index in [0.29, 0.717) is 12.6 Å². The van der Waals surface area contributed by atoms with E-state index in [1.807, 2.05) is 6.92 Å². The Morgan fingerprint density at radius 1 is 1.64 bits per heavy atom. The third-order valence-electron chi connectivity index (χ3n) is 2.68. The van der Waals surface area contributed by atoms with Crippen molar-refractivity contribution in [3.63, 3.8) is 0 Å². The molecule has 0 aromatic heterocycles. The molecule has 1 fully saturated rings. The van der Waals surface area contributed by atoms with Gasteiger partial charge in [-0.2, -0.15) is 0 Å². The number of rotatable bonds is 4. The van der Waals surface area contributed by atoms with E-state index in [1.165, 1.54) is 0 Å². The molecule has 0 aromatic carbocycles. The molecule has 0 saturated carbocycles. The van der Waals surface area contributed by atoms with Crippen LogP contribution in [-0.2, 0) is 4.74 Å². The Balaban J connectivity index is 2.42. The summed E-state index contributed by atoms with van der Waals surface area (Å²) in [6, 6.07) is 0.244. The van der Waals surface area contributed by atoms with Crippen LogP contribution in [0.25, 0.3) is 0 Å². The molecule has 1 saturated heterocycles. The summed E-state index contributed by atoms with van der Waals surface area (Å²) in [6.07, 6.45) is 8.09. The highest BCUT2D eigenvalue weighted by molar-refractivity contribution is 4.98. The fourth-order valence-electron chi connectivity index (χ4n) is 1.83. The first-order valence-corrected chi connectivity index (χ1v) is 5.25.